The van der Waals surface area contributed by atoms with E-state index in [1.54, 1.807) is 16.7 Å². The van der Waals surface area contributed by atoms with Crippen LogP contribution in [0.3, 0.4) is 0 Å². The lowest BCUT2D eigenvalue weighted by Crippen LogP contribution is -2.17. The molecule has 2 aromatic heterocycles. The van der Waals surface area contributed by atoms with E-state index in [9.17, 15) is 4.79 Å². The van der Waals surface area contributed by atoms with Gasteiger partial charge in [-0.1, -0.05) is 57.8 Å². The highest BCUT2D eigenvalue weighted by atomic mass is 35.5. The molecule has 0 unspecified atom stereocenters. The average molecular weight is 370 g/mol. The van der Waals surface area contributed by atoms with Crippen molar-refractivity contribution in [1.82, 2.24) is 9.38 Å². The number of imidazole rings is 1. The Labute approximate surface area is 159 Å². The van der Waals surface area contributed by atoms with Crippen molar-refractivity contribution in [2.45, 2.75) is 46.0 Å². The summed E-state index contributed by atoms with van der Waals surface area (Å²) in [5.41, 5.74) is 4.13. The molecule has 1 amide bonds. The predicted octanol–water partition coefficient (Wildman–Crippen LogP) is 5.49. The van der Waals surface area contributed by atoms with Crippen molar-refractivity contribution in [1.29, 1.82) is 0 Å². The number of nitrogens with one attached hydrogen (secondary N) is 1. The van der Waals surface area contributed by atoms with E-state index in [4.69, 9.17) is 11.6 Å². The number of carbonyl (C=O) groups is 1. The van der Waals surface area contributed by atoms with E-state index in [1.807, 2.05) is 30.3 Å². The lowest BCUT2D eigenvalue weighted by Gasteiger charge is -2.19. The molecule has 0 saturated carbocycles. The van der Waals surface area contributed by atoms with Crippen LogP contribution in [0, 0.1) is 0 Å². The van der Waals surface area contributed by atoms with Crippen molar-refractivity contribution in [2.24, 2.45) is 0 Å². The van der Waals surface area contributed by atoms with Crippen LogP contribution in [0.25, 0.3) is 5.65 Å². The van der Waals surface area contributed by atoms with Gasteiger partial charge in [0.15, 0.2) is 0 Å². The molecule has 136 valence electrons. The van der Waals surface area contributed by atoms with Crippen molar-refractivity contribution in [3.8, 4) is 0 Å². The van der Waals surface area contributed by atoms with Gasteiger partial charge in [0.1, 0.15) is 11.3 Å². The molecule has 3 rings (SSSR count). The maximum absolute atomic E-state index is 13.0. The highest BCUT2D eigenvalue weighted by molar-refractivity contribution is 6.30. The third-order valence-electron chi connectivity index (χ3n) is 4.37. The number of hydrogen-bond donors (Lipinski definition) is 1. The van der Waals surface area contributed by atoms with Crippen molar-refractivity contribution >= 4 is 28.8 Å². The van der Waals surface area contributed by atoms with Gasteiger partial charge in [0.05, 0.1) is 10.7 Å². The summed E-state index contributed by atoms with van der Waals surface area (Å²) in [5, 5.41) is 3.56. The Balaban J connectivity index is 1.94. The summed E-state index contributed by atoms with van der Waals surface area (Å²) >= 11 is 6.12. The summed E-state index contributed by atoms with van der Waals surface area (Å²) in [4.78, 5) is 17.6. The molecule has 0 fully saturated rings. The molecule has 1 N–H and O–H groups in total. The number of anilines is 1. The van der Waals surface area contributed by atoms with Gasteiger partial charge in [-0.15, -0.1) is 0 Å². The second-order valence-electron chi connectivity index (χ2n) is 7.51. The van der Waals surface area contributed by atoms with E-state index >= 15 is 0 Å². The molecule has 0 bridgehead atoms. The monoisotopic (exact) mass is 369 g/mol. The summed E-state index contributed by atoms with van der Waals surface area (Å²) in [5.74, 6) is -0.174. The lowest BCUT2D eigenvalue weighted by atomic mass is 9.87. The van der Waals surface area contributed by atoms with E-state index in [2.05, 4.69) is 38.0 Å². The van der Waals surface area contributed by atoms with Crippen LogP contribution in [-0.2, 0) is 11.8 Å². The molecule has 3 aromatic rings. The topological polar surface area (TPSA) is 46.4 Å². The Hall–Kier alpha value is -2.33. The summed E-state index contributed by atoms with van der Waals surface area (Å²) < 4.78 is 1.77. The molecule has 2 heterocycles. The number of aromatic nitrogens is 2. The molecule has 0 atom stereocenters. The van der Waals surface area contributed by atoms with Crippen LogP contribution < -0.4 is 5.32 Å². The fourth-order valence-electron chi connectivity index (χ4n) is 2.96. The molecule has 4 nitrogen and oxygen atoms in total. The number of amides is 1. The molecule has 0 aliphatic carbocycles. The first-order valence-electron chi connectivity index (χ1n) is 8.88. The maximum Gasteiger partial charge on any atom is 0.274 e. The van der Waals surface area contributed by atoms with Gasteiger partial charge in [-0.25, -0.2) is 4.98 Å². The number of fused-ring (bicyclic) bond motifs is 1. The Morgan fingerprint density at radius 3 is 2.46 bits per heavy atom. The van der Waals surface area contributed by atoms with Gasteiger partial charge in [-0.05, 0) is 41.7 Å². The zero-order valence-corrected chi connectivity index (χ0v) is 16.4. The number of pyridine rings is 1. The fraction of sp³-hybridized carbons (Fsp3) is 0.333. The molecule has 0 radical (unpaired) electrons. The van der Waals surface area contributed by atoms with Gasteiger partial charge in [0, 0.05) is 11.9 Å². The highest BCUT2D eigenvalue weighted by Crippen LogP contribution is 2.24. The second-order valence-corrected chi connectivity index (χ2v) is 7.95. The SMILES string of the molecule is CCCc1nc2ccc(Cl)cn2c1C(=O)Nc1ccc(C(C)(C)C)cc1. The van der Waals surface area contributed by atoms with Crippen molar-refractivity contribution in [3.05, 3.63) is 64.6 Å². The third-order valence-corrected chi connectivity index (χ3v) is 4.59. The number of rotatable bonds is 4. The van der Waals surface area contributed by atoms with Gasteiger partial charge < -0.3 is 5.32 Å². The maximum atomic E-state index is 13.0. The summed E-state index contributed by atoms with van der Waals surface area (Å²) in [6.07, 6.45) is 3.39. The van der Waals surface area contributed by atoms with Crippen LogP contribution in [0.2, 0.25) is 5.02 Å². The molecule has 0 saturated heterocycles. The normalized spacial score (nSPS) is 11.7. The van der Waals surface area contributed by atoms with E-state index in [-0.39, 0.29) is 11.3 Å². The van der Waals surface area contributed by atoms with Crippen LogP contribution in [0.4, 0.5) is 5.69 Å². The number of hydrogen-bond acceptors (Lipinski definition) is 2. The quantitative estimate of drug-likeness (QED) is 0.660. The largest absolute Gasteiger partial charge is 0.321 e. The first kappa shape index (κ1) is 18.5. The second kappa shape index (κ2) is 7.12. The van der Waals surface area contributed by atoms with E-state index in [0.717, 1.165) is 29.9 Å². The zero-order chi connectivity index (χ0) is 18.9. The van der Waals surface area contributed by atoms with E-state index in [1.165, 1.54) is 5.56 Å². The van der Waals surface area contributed by atoms with E-state index < -0.39 is 0 Å². The van der Waals surface area contributed by atoms with Gasteiger partial charge in [0.2, 0.25) is 0 Å². The predicted molar refractivity (Wildman–Crippen MR) is 107 cm³/mol. The number of nitrogens with zero attached hydrogens (tertiary/aromatic N) is 2. The van der Waals surface area contributed by atoms with Crippen LogP contribution >= 0.6 is 11.6 Å². The van der Waals surface area contributed by atoms with Crippen LogP contribution in [0.5, 0.6) is 0 Å². The Kier molecular flexibility index (Phi) is 5.05. The minimum Gasteiger partial charge on any atom is -0.321 e. The minimum absolute atomic E-state index is 0.0786. The zero-order valence-electron chi connectivity index (χ0n) is 15.6. The highest BCUT2D eigenvalue weighted by Gasteiger charge is 2.20. The Morgan fingerprint density at radius 1 is 1.15 bits per heavy atom. The molecular weight excluding hydrogens is 346 g/mol. The Morgan fingerprint density at radius 2 is 1.85 bits per heavy atom. The van der Waals surface area contributed by atoms with Gasteiger partial charge in [-0.3, -0.25) is 9.20 Å². The summed E-state index contributed by atoms with van der Waals surface area (Å²) in [6, 6.07) is 11.6. The number of aryl methyl sites for hydroxylation is 1. The molecular formula is C21H24ClN3O. The molecule has 1 aromatic carbocycles. The third kappa shape index (κ3) is 3.75. The smallest absolute Gasteiger partial charge is 0.274 e. The lowest BCUT2D eigenvalue weighted by molar-refractivity contribution is 0.102. The van der Waals surface area contributed by atoms with Gasteiger partial charge >= 0.3 is 0 Å². The van der Waals surface area contributed by atoms with Crippen molar-refractivity contribution in [3.63, 3.8) is 0 Å². The molecule has 0 aliphatic rings. The average Bonchev–Trinajstić information content (AvgIpc) is 2.92. The van der Waals surface area contributed by atoms with Crippen LogP contribution in [0.15, 0.2) is 42.6 Å². The van der Waals surface area contributed by atoms with Gasteiger partial charge in [0.25, 0.3) is 5.91 Å². The summed E-state index contributed by atoms with van der Waals surface area (Å²) in [6.45, 7) is 8.57. The number of halogens is 1. The molecule has 5 heteroatoms. The first-order valence-corrected chi connectivity index (χ1v) is 9.26. The van der Waals surface area contributed by atoms with Crippen molar-refractivity contribution < 1.29 is 4.79 Å². The molecule has 0 spiro atoms. The minimum atomic E-state index is -0.174. The van der Waals surface area contributed by atoms with Crippen LogP contribution in [-0.4, -0.2) is 15.3 Å². The fourth-order valence-corrected chi connectivity index (χ4v) is 3.12. The molecule has 26 heavy (non-hydrogen) atoms. The molecule has 0 aliphatic heterocycles. The summed E-state index contributed by atoms with van der Waals surface area (Å²) in [7, 11) is 0. The van der Waals surface area contributed by atoms with Crippen LogP contribution in [0.1, 0.15) is 55.9 Å². The first-order chi connectivity index (χ1) is 12.3. The Bertz CT molecular complexity index is 936. The van der Waals surface area contributed by atoms with E-state index in [0.29, 0.717) is 10.7 Å². The van der Waals surface area contributed by atoms with Crippen molar-refractivity contribution in [2.75, 3.05) is 5.32 Å². The van der Waals surface area contributed by atoms with Gasteiger partial charge in [-0.2, -0.15) is 0 Å². The number of benzene rings is 1. The number of carbonyl (C=O) groups excluding carboxylic acids is 1. The standard InChI is InChI=1S/C21H24ClN3O/c1-5-6-17-19(25-13-15(22)9-12-18(25)24-17)20(26)23-16-10-7-14(8-11-16)21(2,3)4/h7-13H,5-6H2,1-4H3,(H,23,26).